The van der Waals surface area contributed by atoms with Crippen molar-refractivity contribution in [2.24, 2.45) is 0 Å². The molecule has 0 fully saturated rings. The Hall–Kier alpha value is -0.860. The van der Waals surface area contributed by atoms with E-state index in [9.17, 15) is 10.2 Å². The molecule has 0 heterocycles. The van der Waals surface area contributed by atoms with E-state index in [2.05, 4.69) is 0 Å². The average Bonchev–Trinajstić information content (AvgIpc) is 2.03. The van der Waals surface area contributed by atoms with Gasteiger partial charge in [0.25, 0.3) is 0 Å². The van der Waals surface area contributed by atoms with Crippen LogP contribution in [-0.4, -0.2) is 10.2 Å². The fraction of sp³-hybridized carbons (Fsp3) is 0.455. The highest BCUT2D eigenvalue weighted by Gasteiger charge is 2.20. The van der Waals surface area contributed by atoms with E-state index in [0.717, 1.165) is 11.1 Å². The normalized spacial score (nSPS) is 14.2. The molecule has 0 aromatic heterocycles. The Morgan fingerprint density at radius 3 is 2.15 bits per heavy atom. The first-order valence-corrected chi connectivity index (χ1v) is 4.43. The Kier molecular flexibility index (Phi) is 2.74. The summed E-state index contributed by atoms with van der Waals surface area (Å²) in [6.45, 7) is 5.13. The van der Waals surface area contributed by atoms with E-state index in [0.29, 0.717) is 0 Å². The van der Waals surface area contributed by atoms with Gasteiger partial charge < -0.3 is 10.2 Å². The number of rotatable bonds is 2. The lowest BCUT2D eigenvalue weighted by Crippen LogP contribution is -2.18. The average molecular weight is 180 g/mol. The molecule has 1 aromatic rings. The van der Waals surface area contributed by atoms with Crippen LogP contribution in [0.1, 0.15) is 38.0 Å². The molecule has 0 aliphatic carbocycles. The lowest BCUT2D eigenvalue weighted by Gasteiger charge is -2.22. The van der Waals surface area contributed by atoms with Gasteiger partial charge in [-0.15, -0.1) is 0 Å². The Morgan fingerprint density at radius 1 is 1.23 bits per heavy atom. The van der Waals surface area contributed by atoms with Crippen LogP contribution in [0.4, 0.5) is 0 Å². The summed E-state index contributed by atoms with van der Waals surface area (Å²) < 4.78 is 0. The molecular weight excluding hydrogens is 164 g/mol. The van der Waals surface area contributed by atoms with Crippen LogP contribution in [0.2, 0.25) is 0 Å². The Balaban J connectivity index is 3.20. The summed E-state index contributed by atoms with van der Waals surface area (Å²) in [4.78, 5) is 0. The van der Waals surface area contributed by atoms with Crippen molar-refractivity contribution >= 4 is 0 Å². The number of hydrogen-bond acceptors (Lipinski definition) is 2. The molecule has 1 atom stereocenters. The second-order valence-corrected chi connectivity index (χ2v) is 3.82. The van der Waals surface area contributed by atoms with Gasteiger partial charge >= 0.3 is 0 Å². The molecule has 0 saturated heterocycles. The molecular formula is C11H16O2. The monoisotopic (exact) mass is 180 g/mol. The number of aliphatic hydroxyl groups is 2. The van der Waals surface area contributed by atoms with E-state index in [1.54, 1.807) is 20.8 Å². The van der Waals surface area contributed by atoms with E-state index in [-0.39, 0.29) is 0 Å². The quantitative estimate of drug-likeness (QED) is 0.730. The van der Waals surface area contributed by atoms with Crippen LogP contribution >= 0.6 is 0 Å². The van der Waals surface area contributed by atoms with E-state index >= 15 is 0 Å². The minimum absolute atomic E-state index is 0.539. The Morgan fingerprint density at radius 2 is 1.77 bits per heavy atom. The minimum atomic E-state index is -0.895. The summed E-state index contributed by atoms with van der Waals surface area (Å²) in [5.41, 5.74) is 0.674. The molecule has 2 nitrogen and oxygen atoms in total. The molecule has 0 spiro atoms. The number of aliphatic hydroxyl groups excluding tert-OH is 1. The van der Waals surface area contributed by atoms with Crippen LogP contribution in [0, 0.1) is 0 Å². The lowest BCUT2D eigenvalue weighted by atomic mass is 9.91. The van der Waals surface area contributed by atoms with Crippen LogP contribution in [0.5, 0.6) is 0 Å². The van der Waals surface area contributed by atoms with Crippen molar-refractivity contribution in [1.29, 1.82) is 0 Å². The van der Waals surface area contributed by atoms with Gasteiger partial charge in [0.15, 0.2) is 0 Å². The maximum absolute atomic E-state index is 9.81. The molecule has 13 heavy (non-hydrogen) atoms. The molecule has 0 saturated carbocycles. The molecule has 0 radical (unpaired) electrons. The van der Waals surface area contributed by atoms with Crippen LogP contribution in [0.15, 0.2) is 24.3 Å². The summed E-state index contributed by atoms with van der Waals surface area (Å²) in [6, 6.07) is 7.39. The van der Waals surface area contributed by atoms with Gasteiger partial charge in [-0.1, -0.05) is 24.3 Å². The molecule has 1 unspecified atom stereocenters. The highest BCUT2D eigenvalue weighted by atomic mass is 16.3. The summed E-state index contributed by atoms with van der Waals surface area (Å²) in [7, 11) is 0. The van der Waals surface area contributed by atoms with Crippen molar-refractivity contribution < 1.29 is 10.2 Å². The minimum Gasteiger partial charge on any atom is -0.389 e. The standard InChI is InChI=1S/C11H16O2/c1-8(12)9-6-4-5-7-10(9)11(2,3)13/h4-8,12-13H,1-3H3. The second kappa shape index (κ2) is 3.48. The zero-order valence-electron chi connectivity index (χ0n) is 8.28. The summed E-state index contributed by atoms with van der Waals surface area (Å²) >= 11 is 0. The van der Waals surface area contributed by atoms with Gasteiger partial charge in [0.1, 0.15) is 0 Å². The van der Waals surface area contributed by atoms with Crippen molar-refractivity contribution in [3.05, 3.63) is 35.4 Å². The van der Waals surface area contributed by atoms with Crippen LogP contribution in [0.25, 0.3) is 0 Å². The van der Waals surface area contributed by atoms with Crippen molar-refractivity contribution in [1.82, 2.24) is 0 Å². The van der Waals surface area contributed by atoms with Crippen LogP contribution in [-0.2, 0) is 5.60 Å². The van der Waals surface area contributed by atoms with Gasteiger partial charge in [-0.25, -0.2) is 0 Å². The number of hydrogen-bond donors (Lipinski definition) is 2. The molecule has 0 bridgehead atoms. The second-order valence-electron chi connectivity index (χ2n) is 3.82. The molecule has 0 amide bonds. The fourth-order valence-corrected chi connectivity index (χ4v) is 1.42. The summed E-state index contributed by atoms with van der Waals surface area (Å²) in [6.07, 6.45) is -0.539. The molecule has 1 rings (SSSR count). The predicted molar refractivity (Wildman–Crippen MR) is 52.3 cm³/mol. The Bertz CT molecular complexity index is 284. The van der Waals surface area contributed by atoms with Crippen LogP contribution < -0.4 is 0 Å². The smallest absolute Gasteiger partial charge is 0.0844 e. The van der Waals surface area contributed by atoms with E-state index in [4.69, 9.17) is 0 Å². The summed E-state index contributed by atoms with van der Waals surface area (Å²) in [5.74, 6) is 0. The van der Waals surface area contributed by atoms with Crippen molar-refractivity contribution in [3.63, 3.8) is 0 Å². The highest BCUT2D eigenvalue weighted by molar-refractivity contribution is 5.32. The topological polar surface area (TPSA) is 40.5 Å². The largest absolute Gasteiger partial charge is 0.389 e. The van der Waals surface area contributed by atoms with Gasteiger partial charge in [-0.2, -0.15) is 0 Å². The first kappa shape index (κ1) is 10.2. The summed E-state index contributed by atoms with van der Waals surface area (Å²) in [5, 5.41) is 19.3. The third kappa shape index (κ3) is 2.29. The van der Waals surface area contributed by atoms with Crippen molar-refractivity contribution in [3.8, 4) is 0 Å². The fourth-order valence-electron chi connectivity index (χ4n) is 1.42. The Labute approximate surface area is 78.8 Å². The molecule has 1 aromatic carbocycles. The molecule has 0 aliphatic heterocycles. The van der Waals surface area contributed by atoms with Crippen molar-refractivity contribution in [2.75, 3.05) is 0 Å². The first-order chi connectivity index (χ1) is 5.93. The van der Waals surface area contributed by atoms with Gasteiger partial charge in [-0.3, -0.25) is 0 Å². The van der Waals surface area contributed by atoms with E-state index in [1.165, 1.54) is 0 Å². The molecule has 72 valence electrons. The highest BCUT2D eigenvalue weighted by Crippen LogP contribution is 2.27. The lowest BCUT2D eigenvalue weighted by molar-refractivity contribution is 0.0737. The molecule has 0 aliphatic rings. The third-order valence-corrected chi connectivity index (χ3v) is 2.07. The third-order valence-electron chi connectivity index (χ3n) is 2.07. The van der Waals surface area contributed by atoms with Gasteiger partial charge in [0.05, 0.1) is 11.7 Å². The maximum Gasteiger partial charge on any atom is 0.0844 e. The zero-order valence-corrected chi connectivity index (χ0v) is 8.28. The molecule has 2 N–H and O–H groups in total. The van der Waals surface area contributed by atoms with Gasteiger partial charge in [0.2, 0.25) is 0 Å². The van der Waals surface area contributed by atoms with Gasteiger partial charge in [0, 0.05) is 0 Å². The zero-order chi connectivity index (χ0) is 10.1. The van der Waals surface area contributed by atoms with E-state index in [1.807, 2.05) is 24.3 Å². The first-order valence-electron chi connectivity index (χ1n) is 4.43. The predicted octanol–water partition coefficient (Wildman–Crippen LogP) is 1.97. The van der Waals surface area contributed by atoms with E-state index < -0.39 is 11.7 Å². The van der Waals surface area contributed by atoms with Crippen molar-refractivity contribution in [2.45, 2.75) is 32.5 Å². The van der Waals surface area contributed by atoms with Crippen LogP contribution in [0.3, 0.4) is 0 Å². The maximum atomic E-state index is 9.81. The van der Waals surface area contributed by atoms with Gasteiger partial charge in [-0.05, 0) is 31.9 Å². The number of benzene rings is 1. The SMILES string of the molecule is CC(O)c1ccccc1C(C)(C)O. The molecule has 2 heteroatoms.